The molecule has 0 fully saturated rings. The van der Waals surface area contributed by atoms with E-state index in [4.69, 9.17) is 29.4 Å². The lowest BCUT2D eigenvalue weighted by Gasteiger charge is -2.31. The number of carbonyl (C=O) groups excluding carboxylic acids is 2. The Bertz CT molecular complexity index is 1070. The molecule has 0 saturated carbocycles. The molecule has 0 spiro atoms. The number of methoxy groups -OCH3 is 1. The third kappa shape index (κ3) is 10.7. The minimum absolute atomic E-state index is 0.0151. The van der Waals surface area contributed by atoms with E-state index in [0.717, 1.165) is 0 Å². The van der Waals surface area contributed by atoms with Crippen molar-refractivity contribution in [3.8, 4) is 5.75 Å². The zero-order chi connectivity index (χ0) is 32.7. The van der Waals surface area contributed by atoms with Crippen LogP contribution in [-0.4, -0.2) is 68.5 Å². The number of hydrogen-bond donors (Lipinski definition) is 1. The van der Waals surface area contributed by atoms with Crippen molar-refractivity contribution in [2.24, 2.45) is 11.1 Å². The van der Waals surface area contributed by atoms with Crippen molar-refractivity contribution < 1.29 is 60.0 Å². The standard InChI is InChI=1S/C28H42F5NO8/c1-16(2)38-14-27(7,24(36)42-22-20(32)18(30)17(29)19(31)21(22)33)15-39-23(35)26(5,6)40-13-11-28(8,34)41-12-10-25(3,4)37-9/h16H,10-15,34H2,1-9H3. The molecule has 1 rings (SSSR count). The van der Waals surface area contributed by atoms with E-state index in [1.54, 1.807) is 27.9 Å². The molecule has 2 unspecified atom stereocenters. The lowest BCUT2D eigenvalue weighted by atomic mass is 9.92. The van der Waals surface area contributed by atoms with Crippen molar-refractivity contribution in [2.75, 3.05) is 33.5 Å². The van der Waals surface area contributed by atoms with E-state index in [1.807, 2.05) is 13.8 Å². The summed E-state index contributed by atoms with van der Waals surface area (Å²) < 4.78 is 101. The van der Waals surface area contributed by atoms with Gasteiger partial charge in [-0.05, 0) is 61.8 Å². The molecule has 2 N–H and O–H groups in total. The van der Waals surface area contributed by atoms with Crippen LogP contribution in [0.4, 0.5) is 22.0 Å². The topological polar surface area (TPSA) is 116 Å². The van der Waals surface area contributed by atoms with Crippen LogP contribution in [0.1, 0.15) is 68.2 Å². The molecular weight excluding hydrogens is 573 g/mol. The Hall–Kier alpha value is -2.39. The molecule has 14 heteroatoms. The fourth-order valence-electron chi connectivity index (χ4n) is 3.07. The van der Waals surface area contributed by atoms with Gasteiger partial charge >= 0.3 is 11.9 Å². The van der Waals surface area contributed by atoms with Gasteiger partial charge in [0.05, 0.1) is 31.5 Å². The number of ether oxygens (including phenoxy) is 6. The van der Waals surface area contributed by atoms with Crippen LogP contribution in [0.2, 0.25) is 0 Å². The van der Waals surface area contributed by atoms with Crippen molar-refractivity contribution >= 4 is 11.9 Å². The number of hydrogen-bond acceptors (Lipinski definition) is 9. The fraction of sp³-hybridized carbons (Fsp3) is 0.714. The Balaban J connectivity index is 2.91. The second-order valence-electron chi connectivity index (χ2n) is 11.8. The Labute approximate surface area is 243 Å². The van der Waals surface area contributed by atoms with E-state index < -0.39 is 88.4 Å². The van der Waals surface area contributed by atoms with Gasteiger partial charge in [0, 0.05) is 13.5 Å². The zero-order valence-electron chi connectivity index (χ0n) is 25.6. The van der Waals surface area contributed by atoms with Crippen LogP contribution in [-0.2, 0) is 33.3 Å². The summed E-state index contributed by atoms with van der Waals surface area (Å²) >= 11 is 0. The van der Waals surface area contributed by atoms with E-state index in [1.165, 1.54) is 20.8 Å². The molecule has 1 aromatic carbocycles. The van der Waals surface area contributed by atoms with Gasteiger partial charge in [-0.2, -0.15) is 8.78 Å². The molecule has 0 aliphatic carbocycles. The van der Waals surface area contributed by atoms with Crippen LogP contribution in [0.25, 0.3) is 0 Å². The van der Waals surface area contributed by atoms with Gasteiger partial charge in [0.1, 0.15) is 17.7 Å². The Morgan fingerprint density at radius 3 is 1.76 bits per heavy atom. The predicted octanol–water partition coefficient (Wildman–Crippen LogP) is 4.95. The molecule has 0 amide bonds. The molecule has 0 bridgehead atoms. The van der Waals surface area contributed by atoms with Crippen LogP contribution in [0, 0.1) is 34.5 Å². The number of nitrogens with two attached hydrogens (primary N) is 1. The number of halogens is 5. The lowest BCUT2D eigenvalue weighted by molar-refractivity contribution is -0.178. The molecule has 0 saturated heterocycles. The summed E-state index contributed by atoms with van der Waals surface area (Å²) in [7, 11) is 1.59. The summed E-state index contributed by atoms with van der Waals surface area (Å²) in [6.07, 6.45) is 0.335. The summed E-state index contributed by atoms with van der Waals surface area (Å²) in [6.45, 7) is 11.7. The molecule has 242 valence electrons. The van der Waals surface area contributed by atoms with E-state index in [9.17, 15) is 31.5 Å². The van der Waals surface area contributed by atoms with E-state index in [2.05, 4.69) is 4.74 Å². The summed E-state index contributed by atoms with van der Waals surface area (Å²) in [5.41, 5.74) is 1.23. The maximum atomic E-state index is 14.1. The normalized spacial score (nSPS) is 15.3. The smallest absolute Gasteiger partial charge is 0.337 e. The predicted molar refractivity (Wildman–Crippen MR) is 141 cm³/mol. The van der Waals surface area contributed by atoms with Crippen molar-refractivity contribution in [2.45, 2.75) is 91.3 Å². The van der Waals surface area contributed by atoms with Gasteiger partial charge in [0.15, 0.2) is 5.60 Å². The largest absolute Gasteiger partial charge is 0.462 e. The third-order valence-corrected chi connectivity index (χ3v) is 6.36. The highest BCUT2D eigenvalue weighted by Gasteiger charge is 2.42. The monoisotopic (exact) mass is 615 g/mol. The molecule has 2 atom stereocenters. The zero-order valence-corrected chi connectivity index (χ0v) is 25.6. The average Bonchev–Trinajstić information content (AvgIpc) is 2.89. The number of carbonyl (C=O) groups is 2. The van der Waals surface area contributed by atoms with Crippen LogP contribution < -0.4 is 10.5 Å². The maximum Gasteiger partial charge on any atom is 0.337 e. The lowest BCUT2D eigenvalue weighted by Crippen LogP contribution is -2.46. The highest BCUT2D eigenvalue weighted by Crippen LogP contribution is 2.32. The molecule has 0 aliphatic heterocycles. The number of benzene rings is 1. The van der Waals surface area contributed by atoms with Gasteiger partial charge < -0.3 is 34.2 Å². The van der Waals surface area contributed by atoms with Crippen molar-refractivity contribution in [3.05, 3.63) is 29.1 Å². The molecule has 42 heavy (non-hydrogen) atoms. The Kier molecular flexibility index (Phi) is 13.3. The van der Waals surface area contributed by atoms with Crippen molar-refractivity contribution in [1.82, 2.24) is 0 Å². The van der Waals surface area contributed by atoms with Crippen LogP contribution in [0.15, 0.2) is 0 Å². The average molecular weight is 616 g/mol. The molecule has 0 aliphatic rings. The van der Waals surface area contributed by atoms with Gasteiger partial charge in [-0.15, -0.1) is 0 Å². The number of rotatable bonds is 17. The highest BCUT2D eigenvalue weighted by atomic mass is 19.2. The molecule has 9 nitrogen and oxygen atoms in total. The van der Waals surface area contributed by atoms with Gasteiger partial charge in [0.25, 0.3) is 0 Å². The molecular formula is C28H42F5NO8. The first kappa shape index (κ1) is 37.6. The molecule has 1 aromatic rings. The van der Waals surface area contributed by atoms with Crippen LogP contribution >= 0.6 is 0 Å². The first-order valence-electron chi connectivity index (χ1n) is 13.2. The minimum Gasteiger partial charge on any atom is -0.462 e. The summed E-state index contributed by atoms with van der Waals surface area (Å²) in [4.78, 5) is 25.8. The molecule has 0 heterocycles. The van der Waals surface area contributed by atoms with Crippen LogP contribution in [0.3, 0.4) is 0 Å². The van der Waals surface area contributed by atoms with Crippen molar-refractivity contribution in [1.29, 1.82) is 0 Å². The molecule has 0 aromatic heterocycles. The van der Waals surface area contributed by atoms with Crippen LogP contribution in [0.5, 0.6) is 5.75 Å². The summed E-state index contributed by atoms with van der Waals surface area (Å²) in [5.74, 6) is -15.9. The first-order chi connectivity index (χ1) is 19.1. The summed E-state index contributed by atoms with van der Waals surface area (Å²) in [5, 5.41) is 0. The molecule has 0 radical (unpaired) electrons. The van der Waals surface area contributed by atoms with E-state index in [-0.39, 0.29) is 13.0 Å². The summed E-state index contributed by atoms with van der Waals surface area (Å²) in [6, 6.07) is 0. The Morgan fingerprint density at radius 1 is 0.762 bits per heavy atom. The minimum atomic E-state index is -2.41. The van der Waals surface area contributed by atoms with Crippen molar-refractivity contribution in [3.63, 3.8) is 0 Å². The first-order valence-corrected chi connectivity index (χ1v) is 13.2. The number of esters is 2. The second-order valence-corrected chi connectivity index (χ2v) is 11.8. The Morgan fingerprint density at radius 2 is 1.26 bits per heavy atom. The SMILES string of the molecule is COC(C)(C)CCOC(C)(N)CCOC(C)(C)C(=O)OCC(C)(COC(C)C)C(=O)Oc1c(F)c(F)c(F)c(F)c1F. The third-order valence-electron chi connectivity index (χ3n) is 6.36. The maximum absolute atomic E-state index is 14.1. The fourth-order valence-corrected chi connectivity index (χ4v) is 3.07. The second kappa shape index (κ2) is 14.9. The van der Waals surface area contributed by atoms with E-state index in [0.29, 0.717) is 13.0 Å². The van der Waals surface area contributed by atoms with Gasteiger partial charge in [-0.25, -0.2) is 18.0 Å². The quantitative estimate of drug-likeness (QED) is 0.0649. The van der Waals surface area contributed by atoms with Gasteiger partial charge in [-0.1, -0.05) is 0 Å². The van der Waals surface area contributed by atoms with Gasteiger partial charge in [-0.3, -0.25) is 4.79 Å². The van der Waals surface area contributed by atoms with E-state index >= 15 is 0 Å². The highest BCUT2D eigenvalue weighted by molar-refractivity contribution is 5.81. The van der Waals surface area contributed by atoms with Gasteiger partial charge in [0.2, 0.25) is 34.8 Å².